The molecule has 2 aliphatic rings. The lowest BCUT2D eigenvalue weighted by atomic mass is 9.95. The molecule has 4 rings (SSSR count). The summed E-state index contributed by atoms with van der Waals surface area (Å²) in [6.45, 7) is 0.389. The normalized spacial score (nSPS) is 19.3. The molecule has 2 aliphatic heterocycles. The van der Waals surface area contributed by atoms with Crippen LogP contribution in [0.15, 0.2) is 59.8 Å². The molecule has 0 aromatic heterocycles. The van der Waals surface area contributed by atoms with Crippen molar-refractivity contribution >= 4 is 11.9 Å². The van der Waals surface area contributed by atoms with Crippen molar-refractivity contribution in [2.24, 2.45) is 0 Å². The van der Waals surface area contributed by atoms with Gasteiger partial charge >= 0.3 is 12.2 Å². The average Bonchev–Trinajstić information content (AvgIpc) is 3.02. The lowest BCUT2D eigenvalue weighted by molar-refractivity contribution is -0.137. The first-order valence-electron chi connectivity index (χ1n) is 9.13. The number of amides is 3. The van der Waals surface area contributed by atoms with E-state index in [0.29, 0.717) is 16.8 Å². The van der Waals surface area contributed by atoms with Crippen molar-refractivity contribution in [3.63, 3.8) is 0 Å². The number of hydrogen-bond acceptors (Lipinski definition) is 2. The largest absolute Gasteiger partial charge is 0.416 e. The Morgan fingerprint density at radius 1 is 1.03 bits per heavy atom. The fourth-order valence-electron chi connectivity index (χ4n) is 3.68. The van der Waals surface area contributed by atoms with Gasteiger partial charge < -0.3 is 10.2 Å². The quantitative estimate of drug-likeness (QED) is 0.769. The number of hydrogen-bond donors (Lipinski definition) is 1. The summed E-state index contributed by atoms with van der Waals surface area (Å²) in [6, 6.07) is 8.81. The first-order chi connectivity index (χ1) is 14.1. The molecule has 30 heavy (non-hydrogen) atoms. The van der Waals surface area contributed by atoms with Gasteiger partial charge in [-0.05, 0) is 35.4 Å². The monoisotopic (exact) mass is 419 g/mol. The number of carbonyl (C=O) groups is 2. The zero-order valence-electron chi connectivity index (χ0n) is 15.8. The Bertz CT molecular complexity index is 1030. The predicted molar refractivity (Wildman–Crippen MR) is 99.3 cm³/mol. The van der Waals surface area contributed by atoms with Crippen LogP contribution in [0.2, 0.25) is 0 Å². The summed E-state index contributed by atoms with van der Waals surface area (Å²) in [5.74, 6) is -0.716. The summed E-state index contributed by atoms with van der Waals surface area (Å²) in [5, 5.41) is 2.69. The lowest BCUT2D eigenvalue weighted by Gasteiger charge is -2.31. The molecule has 156 valence electrons. The van der Waals surface area contributed by atoms with Gasteiger partial charge in [0.2, 0.25) is 0 Å². The van der Waals surface area contributed by atoms with Crippen molar-refractivity contribution < 1.29 is 27.2 Å². The molecule has 0 saturated carbocycles. The van der Waals surface area contributed by atoms with Crippen LogP contribution in [0.25, 0.3) is 0 Å². The summed E-state index contributed by atoms with van der Waals surface area (Å²) in [6.07, 6.45) is -4.48. The highest BCUT2D eigenvalue weighted by molar-refractivity contribution is 6.01. The van der Waals surface area contributed by atoms with Crippen molar-refractivity contribution in [3.05, 3.63) is 82.3 Å². The van der Waals surface area contributed by atoms with Crippen molar-refractivity contribution in [2.75, 3.05) is 13.6 Å². The van der Waals surface area contributed by atoms with Crippen LogP contribution in [0.3, 0.4) is 0 Å². The van der Waals surface area contributed by atoms with E-state index < -0.39 is 23.8 Å². The second-order valence-electron chi connectivity index (χ2n) is 7.21. The van der Waals surface area contributed by atoms with Gasteiger partial charge in [-0.2, -0.15) is 13.2 Å². The predicted octanol–water partition coefficient (Wildman–Crippen LogP) is 3.84. The molecule has 0 spiro atoms. The van der Waals surface area contributed by atoms with E-state index in [1.807, 2.05) is 0 Å². The van der Waals surface area contributed by atoms with Crippen LogP contribution in [-0.4, -0.2) is 35.3 Å². The van der Waals surface area contributed by atoms with Crippen LogP contribution in [0.4, 0.5) is 22.4 Å². The Morgan fingerprint density at radius 2 is 1.67 bits per heavy atom. The smallest absolute Gasteiger partial charge is 0.329 e. The molecule has 0 radical (unpaired) electrons. The Kier molecular flexibility index (Phi) is 4.76. The molecule has 3 amide bonds. The van der Waals surface area contributed by atoms with Gasteiger partial charge in [-0.15, -0.1) is 0 Å². The highest BCUT2D eigenvalue weighted by atomic mass is 19.4. The highest BCUT2D eigenvalue weighted by Crippen LogP contribution is 2.37. The summed E-state index contributed by atoms with van der Waals surface area (Å²) in [7, 11) is 1.53. The number of nitrogens with one attached hydrogen (secondary N) is 1. The van der Waals surface area contributed by atoms with E-state index in [9.17, 15) is 27.2 Å². The average molecular weight is 419 g/mol. The molecule has 0 fully saturated rings. The van der Waals surface area contributed by atoms with Gasteiger partial charge in [0.15, 0.2) is 0 Å². The van der Waals surface area contributed by atoms with E-state index in [1.165, 1.54) is 41.1 Å². The molecule has 0 aliphatic carbocycles. The van der Waals surface area contributed by atoms with Crippen LogP contribution in [0.5, 0.6) is 0 Å². The molecule has 0 saturated heterocycles. The van der Waals surface area contributed by atoms with Gasteiger partial charge in [0.05, 0.1) is 29.4 Å². The third-order valence-corrected chi connectivity index (χ3v) is 5.29. The van der Waals surface area contributed by atoms with Crippen LogP contribution in [-0.2, 0) is 17.5 Å². The maximum absolute atomic E-state index is 13.1. The molecule has 9 heteroatoms. The number of benzene rings is 2. The Balaban J connectivity index is 1.64. The molecule has 0 unspecified atom stereocenters. The molecule has 2 aromatic carbocycles. The van der Waals surface area contributed by atoms with Crippen LogP contribution < -0.4 is 5.32 Å². The summed E-state index contributed by atoms with van der Waals surface area (Å²) in [5.41, 5.74) is 1.11. The van der Waals surface area contributed by atoms with Gasteiger partial charge in [-0.3, -0.25) is 9.69 Å². The number of likely N-dealkylation sites (N-methyl/N-ethyl adjacent to an activating group) is 1. The minimum Gasteiger partial charge on any atom is -0.329 e. The molecule has 5 nitrogen and oxygen atoms in total. The summed E-state index contributed by atoms with van der Waals surface area (Å²) in [4.78, 5) is 28.3. The second-order valence-corrected chi connectivity index (χ2v) is 7.21. The SMILES string of the molecule is CN1C(=O)N[C@@H](c2ccc(C(F)(F)F)cc2)C2=C1CN(Cc1ccc(F)cc1)C2=O. The zero-order chi connectivity index (χ0) is 21.6. The van der Waals surface area contributed by atoms with E-state index in [2.05, 4.69) is 5.32 Å². The van der Waals surface area contributed by atoms with Gasteiger partial charge in [0.1, 0.15) is 5.82 Å². The number of rotatable bonds is 3. The van der Waals surface area contributed by atoms with E-state index >= 15 is 0 Å². The Morgan fingerprint density at radius 3 is 2.27 bits per heavy atom. The number of urea groups is 1. The van der Waals surface area contributed by atoms with Gasteiger partial charge in [0.25, 0.3) is 5.91 Å². The topological polar surface area (TPSA) is 52.7 Å². The summed E-state index contributed by atoms with van der Waals surface area (Å²) < 4.78 is 51.7. The Hall–Kier alpha value is -3.36. The van der Waals surface area contributed by atoms with E-state index in [1.54, 1.807) is 12.1 Å². The van der Waals surface area contributed by atoms with Crippen molar-refractivity contribution in [3.8, 4) is 0 Å². The molecule has 1 N–H and O–H groups in total. The van der Waals surface area contributed by atoms with Gasteiger partial charge in [-0.1, -0.05) is 24.3 Å². The maximum Gasteiger partial charge on any atom is 0.416 e. The highest BCUT2D eigenvalue weighted by Gasteiger charge is 2.43. The van der Waals surface area contributed by atoms with E-state index in [4.69, 9.17) is 0 Å². The van der Waals surface area contributed by atoms with Crippen molar-refractivity contribution in [2.45, 2.75) is 18.8 Å². The zero-order valence-corrected chi connectivity index (χ0v) is 15.8. The van der Waals surface area contributed by atoms with Gasteiger partial charge in [-0.25, -0.2) is 9.18 Å². The first-order valence-corrected chi connectivity index (χ1v) is 9.13. The van der Waals surface area contributed by atoms with Crippen molar-refractivity contribution in [1.82, 2.24) is 15.1 Å². The molecule has 2 heterocycles. The first kappa shape index (κ1) is 19.9. The third-order valence-electron chi connectivity index (χ3n) is 5.29. The molecular formula is C21H17F4N3O2. The fraction of sp³-hybridized carbons (Fsp3) is 0.238. The number of carbonyl (C=O) groups excluding carboxylic acids is 2. The van der Waals surface area contributed by atoms with Crippen LogP contribution in [0, 0.1) is 5.82 Å². The third kappa shape index (κ3) is 3.51. The maximum atomic E-state index is 13.1. The number of halogens is 4. The fourth-order valence-corrected chi connectivity index (χ4v) is 3.68. The second kappa shape index (κ2) is 7.16. The molecule has 1 atom stereocenters. The standard InChI is InChI=1S/C21H17F4N3O2/c1-27-16-11-28(10-12-2-8-15(22)9-3-12)19(29)17(16)18(26-20(27)30)13-4-6-14(7-5-13)21(23,24)25/h2-9,18H,10-11H2,1H3,(H,26,30)/t18-/m0/s1. The minimum absolute atomic E-state index is 0.173. The Labute approximate surface area is 169 Å². The molecular weight excluding hydrogens is 402 g/mol. The van der Waals surface area contributed by atoms with Crippen molar-refractivity contribution in [1.29, 1.82) is 0 Å². The number of nitrogens with zero attached hydrogens (tertiary/aromatic N) is 2. The number of alkyl halides is 3. The molecule has 0 bridgehead atoms. The summed E-state index contributed by atoms with van der Waals surface area (Å²) >= 11 is 0. The minimum atomic E-state index is -4.48. The molecule has 2 aromatic rings. The van der Waals surface area contributed by atoms with E-state index in [0.717, 1.165) is 17.7 Å². The lowest BCUT2D eigenvalue weighted by Crippen LogP contribution is -2.45. The van der Waals surface area contributed by atoms with E-state index in [-0.39, 0.29) is 24.8 Å². The van der Waals surface area contributed by atoms with Crippen LogP contribution >= 0.6 is 0 Å². The van der Waals surface area contributed by atoms with Crippen LogP contribution in [0.1, 0.15) is 22.7 Å². The van der Waals surface area contributed by atoms with Gasteiger partial charge in [0, 0.05) is 13.6 Å².